The van der Waals surface area contributed by atoms with Crippen molar-refractivity contribution in [2.24, 2.45) is 17.8 Å². The highest BCUT2D eigenvalue weighted by Crippen LogP contribution is 2.59. The molecule has 0 spiro atoms. The summed E-state index contributed by atoms with van der Waals surface area (Å²) in [7, 11) is 0. The van der Waals surface area contributed by atoms with Crippen molar-refractivity contribution in [3.8, 4) is 0 Å². The van der Waals surface area contributed by atoms with E-state index < -0.39 is 0 Å². The number of rotatable bonds is 0. The smallest absolute Gasteiger partial charge is 0.0108 e. The number of hydrogen-bond acceptors (Lipinski definition) is 0. The second kappa shape index (κ2) is 0.795. The molecule has 0 saturated heterocycles. The van der Waals surface area contributed by atoms with Crippen LogP contribution < -0.4 is 0 Å². The van der Waals surface area contributed by atoms with Crippen LogP contribution in [0, 0.1) is 17.8 Å². The summed E-state index contributed by atoms with van der Waals surface area (Å²) in [6.07, 6.45) is 2.40. The molecule has 2 rings (SSSR count). The molecule has 3 unspecified atom stereocenters. The highest BCUT2D eigenvalue weighted by Gasteiger charge is 2.52. The molecule has 0 aromatic rings. The lowest BCUT2D eigenvalue weighted by Crippen LogP contribution is -1.92. The van der Waals surface area contributed by atoms with Crippen LogP contribution in [0.3, 0.4) is 0 Å². The van der Waals surface area contributed by atoms with Crippen LogP contribution in [0.5, 0.6) is 0 Å². The van der Waals surface area contributed by atoms with Gasteiger partial charge in [-0.3, -0.25) is 0 Å². The molecule has 0 aliphatic heterocycles. The Morgan fingerprint density at radius 2 is 2.29 bits per heavy atom. The van der Waals surface area contributed by atoms with Crippen molar-refractivity contribution in [1.29, 1.82) is 0 Å². The van der Waals surface area contributed by atoms with E-state index in [1.807, 2.05) is 0 Å². The molecule has 38 valence electrons. The predicted molar refractivity (Wildman–Crippen MR) is 29.9 cm³/mol. The van der Waals surface area contributed by atoms with Gasteiger partial charge in [0.2, 0.25) is 0 Å². The van der Waals surface area contributed by atoms with E-state index in [1.165, 1.54) is 0 Å². The Morgan fingerprint density at radius 1 is 1.57 bits per heavy atom. The van der Waals surface area contributed by atoms with E-state index >= 15 is 0 Å². The van der Waals surface area contributed by atoms with Crippen molar-refractivity contribution in [3.05, 3.63) is 11.6 Å². The number of fused-ring (bicyclic) bond motifs is 1. The van der Waals surface area contributed by atoms with Crippen LogP contribution >= 0.6 is 0 Å². The lowest BCUT2D eigenvalue weighted by Gasteiger charge is -2.04. The first kappa shape index (κ1) is 3.71. The van der Waals surface area contributed by atoms with Crippen LogP contribution in [0.1, 0.15) is 13.8 Å². The fourth-order valence-electron chi connectivity index (χ4n) is 1.76. The SMILES string of the molecule is CC1=CC2C(C)C12. The minimum absolute atomic E-state index is 1.01. The van der Waals surface area contributed by atoms with Crippen LogP contribution in [-0.4, -0.2) is 0 Å². The Hall–Kier alpha value is -0.260. The van der Waals surface area contributed by atoms with Crippen molar-refractivity contribution in [2.45, 2.75) is 13.8 Å². The van der Waals surface area contributed by atoms with Gasteiger partial charge in [0.25, 0.3) is 0 Å². The van der Waals surface area contributed by atoms with Gasteiger partial charge in [-0.2, -0.15) is 0 Å². The normalized spacial score (nSPS) is 54.6. The molecular formula is C7H10. The maximum atomic E-state index is 2.40. The number of hydrogen-bond donors (Lipinski definition) is 0. The first-order valence-electron chi connectivity index (χ1n) is 2.99. The molecule has 7 heavy (non-hydrogen) atoms. The molecule has 2 aliphatic carbocycles. The largest absolute Gasteiger partial charge is 0.0813 e. The molecule has 2 aliphatic rings. The van der Waals surface area contributed by atoms with Crippen molar-refractivity contribution >= 4 is 0 Å². The summed E-state index contributed by atoms with van der Waals surface area (Å²) in [5.41, 5.74) is 1.64. The van der Waals surface area contributed by atoms with Gasteiger partial charge >= 0.3 is 0 Å². The van der Waals surface area contributed by atoms with E-state index in [9.17, 15) is 0 Å². The summed E-state index contributed by atoms with van der Waals surface area (Å²) in [5.74, 6) is 3.06. The Bertz CT molecular complexity index is 133. The van der Waals surface area contributed by atoms with Crippen LogP contribution in [0.2, 0.25) is 0 Å². The molecule has 0 heteroatoms. The standard InChI is InChI=1S/C7H10/c1-4-3-6-5(2)7(4)6/h3,5-7H,1-2H3. The zero-order valence-electron chi connectivity index (χ0n) is 4.81. The minimum atomic E-state index is 1.01. The average Bonchev–Trinajstić information content (AvgIpc) is 2.07. The third-order valence-electron chi connectivity index (χ3n) is 2.43. The molecular weight excluding hydrogens is 84.1 g/mol. The van der Waals surface area contributed by atoms with E-state index in [0.29, 0.717) is 0 Å². The molecule has 0 N–H and O–H groups in total. The van der Waals surface area contributed by atoms with Crippen LogP contribution in [0.4, 0.5) is 0 Å². The maximum absolute atomic E-state index is 2.40. The predicted octanol–water partition coefficient (Wildman–Crippen LogP) is 1.83. The highest BCUT2D eigenvalue weighted by molar-refractivity contribution is 5.32. The van der Waals surface area contributed by atoms with Crippen LogP contribution in [0.15, 0.2) is 11.6 Å². The van der Waals surface area contributed by atoms with Gasteiger partial charge in [-0.05, 0) is 24.7 Å². The molecule has 0 aromatic heterocycles. The van der Waals surface area contributed by atoms with Crippen molar-refractivity contribution in [3.63, 3.8) is 0 Å². The van der Waals surface area contributed by atoms with Gasteiger partial charge in [-0.15, -0.1) is 0 Å². The van der Waals surface area contributed by atoms with Crippen molar-refractivity contribution in [1.82, 2.24) is 0 Å². The summed E-state index contributed by atoms with van der Waals surface area (Å²) >= 11 is 0. The van der Waals surface area contributed by atoms with E-state index in [4.69, 9.17) is 0 Å². The minimum Gasteiger partial charge on any atom is -0.0813 e. The lowest BCUT2D eigenvalue weighted by molar-refractivity contribution is 0.821. The molecule has 0 nitrogen and oxygen atoms in total. The summed E-state index contributed by atoms with van der Waals surface area (Å²) < 4.78 is 0. The van der Waals surface area contributed by atoms with E-state index in [0.717, 1.165) is 17.8 Å². The lowest BCUT2D eigenvalue weighted by atomic mass is 10.0. The monoisotopic (exact) mass is 94.1 g/mol. The van der Waals surface area contributed by atoms with Crippen molar-refractivity contribution < 1.29 is 0 Å². The Morgan fingerprint density at radius 3 is 2.29 bits per heavy atom. The fraction of sp³-hybridized carbons (Fsp3) is 0.714. The molecule has 0 radical (unpaired) electrons. The second-order valence-electron chi connectivity index (χ2n) is 2.87. The quantitative estimate of drug-likeness (QED) is 0.402. The molecule has 1 saturated carbocycles. The summed E-state index contributed by atoms with van der Waals surface area (Å²) in [6, 6.07) is 0. The first-order chi connectivity index (χ1) is 3.30. The Balaban J connectivity index is 2.21. The third kappa shape index (κ3) is 0.255. The summed E-state index contributed by atoms with van der Waals surface area (Å²) in [5, 5.41) is 0. The van der Waals surface area contributed by atoms with Crippen LogP contribution in [0.25, 0.3) is 0 Å². The molecule has 0 aromatic carbocycles. The molecule has 0 bridgehead atoms. The zero-order valence-corrected chi connectivity index (χ0v) is 4.81. The highest BCUT2D eigenvalue weighted by atomic mass is 14.6. The van der Waals surface area contributed by atoms with Gasteiger partial charge in [0, 0.05) is 0 Å². The number of allylic oxidation sites excluding steroid dienone is 2. The maximum Gasteiger partial charge on any atom is -0.0108 e. The van der Waals surface area contributed by atoms with Gasteiger partial charge in [-0.25, -0.2) is 0 Å². The zero-order chi connectivity index (χ0) is 5.02. The molecule has 1 fully saturated rings. The average molecular weight is 94.2 g/mol. The molecule has 0 amide bonds. The van der Waals surface area contributed by atoms with Gasteiger partial charge in [-0.1, -0.05) is 18.6 Å². The summed E-state index contributed by atoms with van der Waals surface area (Å²) in [4.78, 5) is 0. The van der Waals surface area contributed by atoms with Crippen LogP contribution in [-0.2, 0) is 0 Å². The second-order valence-corrected chi connectivity index (χ2v) is 2.87. The van der Waals surface area contributed by atoms with E-state index in [1.54, 1.807) is 5.57 Å². The Labute approximate surface area is 44.2 Å². The topological polar surface area (TPSA) is 0 Å². The van der Waals surface area contributed by atoms with Crippen molar-refractivity contribution in [2.75, 3.05) is 0 Å². The molecule has 0 heterocycles. The first-order valence-corrected chi connectivity index (χ1v) is 2.99. The van der Waals surface area contributed by atoms with Gasteiger partial charge in [0.1, 0.15) is 0 Å². The van der Waals surface area contributed by atoms with E-state index in [2.05, 4.69) is 19.9 Å². The third-order valence-corrected chi connectivity index (χ3v) is 2.43. The summed E-state index contributed by atoms with van der Waals surface area (Å²) in [6.45, 7) is 4.58. The van der Waals surface area contributed by atoms with Gasteiger partial charge in [0.05, 0.1) is 0 Å². The molecule has 3 atom stereocenters. The van der Waals surface area contributed by atoms with Gasteiger partial charge in [0.15, 0.2) is 0 Å². The fourth-order valence-corrected chi connectivity index (χ4v) is 1.76. The van der Waals surface area contributed by atoms with E-state index in [-0.39, 0.29) is 0 Å². The Kier molecular flexibility index (Phi) is 0.421. The van der Waals surface area contributed by atoms with Gasteiger partial charge < -0.3 is 0 Å².